The van der Waals surface area contributed by atoms with Crippen LogP contribution in [0.1, 0.15) is 46.6 Å². The number of aromatic nitrogens is 4. The second kappa shape index (κ2) is 16.3. The number of nitrogens with one attached hydrogen (secondary N) is 2. The van der Waals surface area contributed by atoms with Crippen molar-refractivity contribution in [2.75, 3.05) is 17.2 Å². The predicted molar refractivity (Wildman–Crippen MR) is 136 cm³/mol. The summed E-state index contributed by atoms with van der Waals surface area (Å²) in [6, 6.07) is 2.72. The molecule has 0 saturated carbocycles. The SMILES string of the molecule is CC[C@H]1O[C@@H](n2ccc(NC=O)nc2=O)[C@](C)(F)[C@@H]1C.C[C@@]1(F)[C@H](O)[C@@H](CO)O[C@H]1n1ccc(NC=O)nc1=O.[Ar].[Ar]. The average molecular weight is 650 g/mol. The molecule has 42 heavy (non-hydrogen) atoms. The minimum absolute atomic E-state index is 0. The molecule has 0 aromatic carbocycles. The van der Waals surface area contributed by atoms with Crippen molar-refractivity contribution in [3.8, 4) is 0 Å². The van der Waals surface area contributed by atoms with E-state index in [9.17, 15) is 33.1 Å². The summed E-state index contributed by atoms with van der Waals surface area (Å²) in [6.07, 6.45) is -1.35. The predicted octanol–water partition coefficient (Wildman–Crippen LogP) is 0.274. The first-order chi connectivity index (χ1) is 18.8. The second-order valence-corrected chi connectivity index (χ2v) is 9.71. The summed E-state index contributed by atoms with van der Waals surface area (Å²) in [4.78, 5) is 51.5. The fourth-order valence-electron chi connectivity index (χ4n) is 4.62. The molecule has 0 spiro atoms. The van der Waals surface area contributed by atoms with E-state index in [2.05, 4.69) is 20.6 Å². The smallest absolute Gasteiger partial charge is 0.351 e. The van der Waals surface area contributed by atoms with E-state index in [0.29, 0.717) is 19.2 Å². The van der Waals surface area contributed by atoms with Crippen molar-refractivity contribution in [3.05, 3.63) is 45.5 Å². The molecular formula is C24H32Ar2F2N6O8. The number of alkyl halides is 2. The van der Waals surface area contributed by atoms with Crippen molar-refractivity contribution in [2.45, 2.75) is 76.2 Å². The number of aliphatic hydroxyl groups is 2. The van der Waals surface area contributed by atoms with Crippen LogP contribution in [0.15, 0.2) is 34.1 Å². The van der Waals surface area contributed by atoms with E-state index >= 15 is 0 Å². The number of nitrogens with zero attached hydrogens (tertiary/aromatic N) is 4. The second-order valence-electron chi connectivity index (χ2n) is 9.71. The molecule has 0 aliphatic carbocycles. The van der Waals surface area contributed by atoms with Gasteiger partial charge in [-0.15, -0.1) is 0 Å². The zero-order valence-electron chi connectivity index (χ0n) is 22.9. The summed E-state index contributed by atoms with van der Waals surface area (Å²) in [5.41, 5.74) is -5.43. The Bertz CT molecular complexity index is 1230. The fourth-order valence-corrected chi connectivity index (χ4v) is 4.62. The van der Waals surface area contributed by atoms with Gasteiger partial charge in [0.1, 0.15) is 23.8 Å². The Morgan fingerprint density at radius 3 is 1.69 bits per heavy atom. The number of ether oxygens (including phenoxy) is 2. The number of carbonyl (C=O) groups excluding carboxylic acids is 2. The van der Waals surface area contributed by atoms with Gasteiger partial charge in [-0.25, -0.2) is 18.4 Å². The maximum atomic E-state index is 14.8. The molecule has 2 saturated heterocycles. The Balaban J connectivity index is 0.000000401. The molecule has 14 nitrogen and oxygen atoms in total. The molecule has 4 rings (SSSR count). The maximum absolute atomic E-state index is 14.8. The number of carbonyl (C=O) groups is 2. The van der Waals surface area contributed by atoms with Crippen LogP contribution in [0.2, 0.25) is 0 Å². The van der Waals surface area contributed by atoms with E-state index in [4.69, 9.17) is 14.6 Å². The molecule has 2 aliphatic rings. The molecule has 4 heterocycles. The van der Waals surface area contributed by atoms with Gasteiger partial charge in [-0.05, 0) is 32.4 Å². The number of hydrogen-bond donors (Lipinski definition) is 4. The van der Waals surface area contributed by atoms with Gasteiger partial charge >= 0.3 is 11.4 Å². The van der Waals surface area contributed by atoms with Gasteiger partial charge < -0.3 is 30.3 Å². The molecule has 8 atom stereocenters. The van der Waals surface area contributed by atoms with E-state index in [0.717, 1.165) is 16.1 Å². The van der Waals surface area contributed by atoms with Gasteiger partial charge in [0.15, 0.2) is 23.8 Å². The number of amides is 2. The van der Waals surface area contributed by atoms with Crippen LogP contribution < -0.4 is 22.0 Å². The summed E-state index contributed by atoms with van der Waals surface area (Å²) in [5.74, 6) is -0.184. The number of aliphatic hydroxyl groups excluding tert-OH is 2. The fraction of sp³-hybridized carbons (Fsp3) is 0.583. The van der Waals surface area contributed by atoms with Crippen LogP contribution in [0.5, 0.6) is 0 Å². The summed E-state index contributed by atoms with van der Waals surface area (Å²) in [7, 11) is 0. The van der Waals surface area contributed by atoms with Gasteiger partial charge in [-0.3, -0.25) is 18.7 Å². The largest absolute Gasteiger partial charge is 0.394 e. The molecule has 0 unspecified atom stereocenters. The Labute approximate surface area is 299 Å². The van der Waals surface area contributed by atoms with E-state index < -0.39 is 54.0 Å². The van der Waals surface area contributed by atoms with Gasteiger partial charge in [-0.2, -0.15) is 9.97 Å². The molecule has 2 aromatic rings. The zero-order valence-corrected chi connectivity index (χ0v) is 24.4. The standard InChI is InChI=1S/C13H18FN3O3.C11H14FN3O5.2Ar/c1-4-9-8(2)13(3,14)11(20-9)17-6-5-10(15-7-18)16-12(17)19;1-11(12)8(18)6(4-16)20-9(11)15-3-2-7(13-5-17)14-10(15)19;;/h5-9,11H,4H2,1-3H3,(H,15,16,18,19);2-3,5-6,8-9,16,18H,4H2,1H3,(H,13,14,17,19);;/t8-,9-,11-,13-;6-,8-,9-,11-;;/m11../s1. The first-order valence-corrected chi connectivity index (χ1v) is 12.4. The van der Waals surface area contributed by atoms with Gasteiger partial charge in [0, 0.05) is 93.8 Å². The normalized spacial score (nSPS) is 31.5. The zero-order chi connectivity index (χ0) is 29.8. The quantitative estimate of drug-likeness (QED) is 0.289. The Kier molecular flexibility index (Phi) is 15.1. The van der Waals surface area contributed by atoms with Gasteiger partial charge in [-0.1, -0.05) is 13.8 Å². The number of anilines is 2. The Morgan fingerprint density at radius 2 is 1.36 bits per heavy atom. The molecule has 18 heteroatoms. The molecule has 2 amide bonds. The van der Waals surface area contributed by atoms with Crippen LogP contribution in [0.4, 0.5) is 20.4 Å². The van der Waals surface area contributed by atoms with Crippen LogP contribution >= 0.6 is 0 Å². The molecule has 0 bridgehead atoms. The summed E-state index contributed by atoms with van der Waals surface area (Å²) in [6.45, 7) is 5.61. The topological polar surface area (TPSA) is 187 Å². The molecular weight excluding hydrogens is 618 g/mol. The number of rotatable bonds is 8. The molecule has 2 fully saturated rings. The van der Waals surface area contributed by atoms with Crippen LogP contribution in [0.25, 0.3) is 0 Å². The van der Waals surface area contributed by atoms with Crippen molar-refractivity contribution in [1.29, 1.82) is 0 Å². The average Bonchev–Trinajstić information content (AvgIpc) is 3.27. The first kappa shape index (κ1) is 38.9. The van der Waals surface area contributed by atoms with E-state index in [1.165, 1.54) is 31.5 Å². The Hall–Kier alpha value is -1.08. The van der Waals surface area contributed by atoms with Crippen molar-refractivity contribution < 1.29 is 114 Å². The number of hydrogen-bond acceptors (Lipinski definition) is 10. The summed E-state index contributed by atoms with van der Waals surface area (Å²) < 4.78 is 42.1. The molecule has 4 N–H and O–H groups in total. The molecule has 236 valence electrons. The summed E-state index contributed by atoms with van der Waals surface area (Å²) in [5, 5.41) is 23.2. The first-order valence-electron chi connectivity index (χ1n) is 12.4. The Morgan fingerprint density at radius 1 is 0.929 bits per heavy atom. The van der Waals surface area contributed by atoms with Crippen LogP contribution in [0.3, 0.4) is 0 Å². The van der Waals surface area contributed by atoms with E-state index in [-0.39, 0.29) is 99.1 Å². The third-order valence-electron chi connectivity index (χ3n) is 7.11. The van der Waals surface area contributed by atoms with Crippen LogP contribution in [0, 0.1) is 81.4 Å². The van der Waals surface area contributed by atoms with Gasteiger partial charge in [0.25, 0.3) is 0 Å². The summed E-state index contributed by atoms with van der Waals surface area (Å²) >= 11 is 0. The minimum Gasteiger partial charge on any atom is -0.394 e. The minimum atomic E-state index is -2.27. The molecule has 2 aliphatic heterocycles. The third-order valence-corrected chi connectivity index (χ3v) is 7.11. The molecule has 0 radical (unpaired) electrons. The van der Waals surface area contributed by atoms with E-state index in [1.54, 1.807) is 6.92 Å². The number of halogens is 2. The van der Waals surface area contributed by atoms with Gasteiger partial charge in [0.05, 0.1) is 12.7 Å². The van der Waals surface area contributed by atoms with Crippen molar-refractivity contribution >= 4 is 24.5 Å². The van der Waals surface area contributed by atoms with E-state index in [1.807, 2.05) is 6.92 Å². The van der Waals surface area contributed by atoms with Crippen molar-refractivity contribution in [3.63, 3.8) is 0 Å². The monoisotopic (exact) mass is 650 g/mol. The van der Waals surface area contributed by atoms with Crippen LogP contribution in [-0.4, -0.2) is 78.4 Å². The molecule has 2 aromatic heterocycles. The van der Waals surface area contributed by atoms with Gasteiger partial charge in [0.2, 0.25) is 12.8 Å². The maximum Gasteiger partial charge on any atom is 0.351 e. The van der Waals surface area contributed by atoms with Crippen molar-refractivity contribution in [1.82, 2.24) is 19.1 Å². The van der Waals surface area contributed by atoms with Crippen molar-refractivity contribution in [2.24, 2.45) is 5.92 Å². The third kappa shape index (κ3) is 8.14. The van der Waals surface area contributed by atoms with Crippen LogP contribution in [-0.2, 0) is 19.1 Å².